The average Bonchev–Trinajstić information content (AvgIpc) is 3.52. The number of aromatic nitrogens is 2. The zero-order valence-corrected chi connectivity index (χ0v) is 29.9. The summed E-state index contributed by atoms with van der Waals surface area (Å²) in [7, 11) is 5.74. The van der Waals surface area contributed by atoms with E-state index in [9.17, 15) is 14.4 Å². The van der Waals surface area contributed by atoms with Gasteiger partial charge in [0, 0.05) is 31.5 Å². The fourth-order valence-corrected chi connectivity index (χ4v) is 7.46. The lowest BCUT2D eigenvalue weighted by Crippen LogP contribution is -2.57. The first-order valence-electron chi connectivity index (χ1n) is 16.6. The van der Waals surface area contributed by atoms with Crippen molar-refractivity contribution in [2.24, 2.45) is 23.2 Å². The van der Waals surface area contributed by atoms with Crippen LogP contribution in [-0.4, -0.2) is 95.9 Å². The lowest BCUT2D eigenvalue weighted by Gasteiger charge is -2.47. The van der Waals surface area contributed by atoms with E-state index in [1.165, 1.54) is 23.3 Å². The third-order valence-electron chi connectivity index (χ3n) is 9.68. The molecule has 0 spiro atoms. The topological polar surface area (TPSA) is 118 Å². The fourth-order valence-electron chi connectivity index (χ4n) is 7.46. The van der Waals surface area contributed by atoms with Gasteiger partial charge in [-0.1, -0.05) is 41.5 Å². The van der Waals surface area contributed by atoms with Crippen molar-refractivity contribution in [3.05, 3.63) is 30.4 Å². The third kappa shape index (κ3) is 8.85. The summed E-state index contributed by atoms with van der Waals surface area (Å²) in [5.41, 5.74) is -1.48. The molecule has 0 radical (unpaired) electrons. The number of nitrogens with zero attached hydrogens (tertiary/aromatic N) is 3. The van der Waals surface area contributed by atoms with Crippen molar-refractivity contribution >= 4 is 17.8 Å². The first-order valence-corrected chi connectivity index (χ1v) is 16.6. The second kappa shape index (κ2) is 15.5. The number of cyclic esters (lactones) is 1. The monoisotopic (exact) mass is 647 g/mol. The van der Waals surface area contributed by atoms with Crippen molar-refractivity contribution in [2.75, 3.05) is 21.2 Å². The van der Waals surface area contributed by atoms with Gasteiger partial charge in [0.2, 0.25) is 0 Å². The van der Waals surface area contributed by atoms with Crippen LogP contribution in [0, 0.1) is 23.2 Å². The predicted octanol–water partition coefficient (Wildman–Crippen LogP) is 5.66. The van der Waals surface area contributed by atoms with Crippen LogP contribution in [0.25, 0.3) is 0 Å². The SMILES string of the molecule is CC[C@H]1OC(=O)C(C)CC(C)C(OC2OC(C)CC(N(C)C)C2OC)C(C)(C)CC(C)C(=O)/C(C)=C/C1(C)OC(=O)n1ccnc1. The van der Waals surface area contributed by atoms with Crippen molar-refractivity contribution in [1.29, 1.82) is 0 Å². The molecule has 2 aliphatic heterocycles. The van der Waals surface area contributed by atoms with Crippen LogP contribution in [0.1, 0.15) is 88.0 Å². The quantitative estimate of drug-likeness (QED) is 0.358. The van der Waals surface area contributed by atoms with E-state index in [0.29, 0.717) is 24.8 Å². The molecule has 10 atom stereocenters. The summed E-state index contributed by atoms with van der Waals surface area (Å²) >= 11 is 0. The summed E-state index contributed by atoms with van der Waals surface area (Å²) in [5.74, 6) is -1.46. The van der Waals surface area contributed by atoms with Crippen molar-refractivity contribution in [1.82, 2.24) is 14.5 Å². The van der Waals surface area contributed by atoms with Crippen LogP contribution in [0.4, 0.5) is 4.79 Å². The number of ketones is 1. The molecule has 11 heteroatoms. The number of hydrogen-bond acceptors (Lipinski definition) is 10. The van der Waals surface area contributed by atoms with Gasteiger partial charge in [0.15, 0.2) is 17.7 Å². The highest BCUT2D eigenvalue weighted by atomic mass is 16.7. The van der Waals surface area contributed by atoms with E-state index in [1.54, 1.807) is 27.0 Å². The summed E-state index contributed by atoms with van der Waals surface area (Å²) in [6.45, 7) is 17.3. The van der Waals surface area contributed by atoms with E-state index >= 15 is 0 Å². The molecule has 0 N–H and O–H groups in total. The first kappa shape index (κ1) is 37.9. The summed E-state index contributed by atoms with van der Waals surface area (Å²) in [6.07, 6.45) is 5.20. The van der Waals surface area contributed by atoms with Gasteiger partial charge < -0.3 is 28.6 Å². The van der Waals surface area contributed by atoms with Gasteiger partial charge in [-0.2, -0.15) is 0 Å². The first-order chi connectivity index (χ1) is 21.4. The fraction of sp³-hybridized carbons (Fsp3) is 0.771. The van der Waals surface area contributed by atoms with Gasteiger partial charge in [0.25, 0.3) is 0 Å². The minimum Gasteiger partial charge on any atom is -0.458 e. The molecule has 0 saturated carbocycles. The molecule has 3 rings (SSSR count). The van der Waals surface area contributed by atoms with Gasteiger partial charge in [-0.05, 0) is 83.5 Å². The molecule has 3 heterocycles. The smallest absolute Gasteiger partial charge is 0.420 e. The summed E-state index contributed by atoms with van der Waals surface area (Å²) in [5, 5.41) is 0. The minimum atomic E-state index is -1.41. The van der Waals surface area contributed by atoms with E-state index < -0.39 is 41.4 Å². The number of ether oxygens (including phenoxy) is 5. The van der Waals surface area contributed by atoms with Crippen LogP contribution in [0.3, 0.4) is 0 Å². The Labute approximate surface area is 275 Å². The number of esters is 1. The van der Waals surface area contributed by atoms with Crippen LogP contribution in [0.15, 0.2) is 30.4 Å². The Balaban J connectivity index is 2.02. The zero-order chi connectivity index (χ0) is 34.6. The Hall–Kier alpha value is -2.60. The molecule has 0 aromatic carbocycles. The Kier molecular flexibility index (Phi) is 12.8. The van der Waals surface area contributed by atoms with Gasteiger partial charge in [0.05, 0.1) is 18.1 Å². The number of carbonyl (C=O) groups is 3. The number of Topliss-reactive ketones (excluding diaryl/α,β-unsaturated/α-hetero) is 1. The van der Waals surface area contributed by atoms with Crippen LogP contribution >= 0.6 is 0 Å². The molecule has 260 valence electrons. The molecule has 11 nitrogen and oxygen atoms in total. The van der Waals surface area contributed by atoms with E-state index in [1.807, 2.05) is 41.8 Å². The largest absolute Gasteiger partial charge is 0.458 e. The van der Waals surface area contributed by atoms with E-state index in [2.05, 4.69) is 30.7 Å². The maximum absolute atomic E-state index is 13.9. The minimum absolute atomic E-state index is 0.0360. The molecule has 1 aromatic rings. The highest BCUT2D eigenvalue weighted by molar-refractivity contribution is 5.96. The van der Waals surface area contributed by atoms with E-state index in [4.69, 9.17) is 23.7 Å². The Morgan fingerprint density at radius 2 is 1.78 bits per heavy atom. The van der Waals surface area contributed by atoms with Gasteiger partial charge in [-0.3, -0.25) is 9.59 Å². The number of rotatable bonds is 6. The lowest BCUT2D eigenvalue weighted by molar-refractivity contribution is -0.291. The number of likely N-dealkylation sites (N-methyl/N-ethyl adjacent to an activating group) is 1. The number of allylic oxidation sites excluding steroid dienone is 1. The van der Waals surface area contributed by atoms with Gasteiger partial charge >= 0.3 is 12.1 Å². The second-order valence-corrected chi connectivity index (χ2v) is 14.6. The van der Waals surface area contributed by atoms with Crippen LogP contribution in [-0.2, 0) is 33.3 Å². The van der Waals surface area contributed by atoms with Crippen LogP contribution < -0.4 is 0 Å². The average molecular weight is 648 g/mol. The normalized spacial score (nSPS) is 37.6. The zero-order valence-electron chi connectivity index (χ0n) is 29.9. The summed E-state index contributed by atoms with van der Waals surface area (Å²) in [6, 6.07) is 0.0982. The Morgan fingerprint density at radius 1 is 1.11 bits per heavy atom. The maximum Gasteiger partial charge on any atom is 0.420 e. The lowest BCUT2D eigenvalue weighted by atomic mass is 9.71. The maximum atomic E-state index is 13.9. The molecule has 0 bridgehead atoms. The number of imidazole rings is 1. The molecular formula is C35H57N3O8. The molecule has 9 unspecified atom stereocenters. The molecule has 1 fully saturated rings. The Bertz CT molecular complexity index is 1210. The third-order valence-corrected chi connectivity index (χ3v) is 9.68. The summed E-state index contributed by atoms with van der Waals surface area (Å²) < 4.78 is 32.5. The molecule has 1 aromatic heterocycles. The number of carbonyl (C=O) groups excluding carboxylic acids is 3. The van der Waals surface area contributed by atoms with Crippen LogP contribution in [0.5, 0.6) is 0 Å². The highest BCUT2D eigenvalue weighted by Crippen LogP contribution is 2.41. The molecule has 0 amide bonds. The van der Waals surface area contributed by atoms with Gasteiger partial charge in [-0.15, -0.1) is 0 Å². The van der Waals surface area contributed by atoms with E-state index in [-0.39, 0.29) is 42.0 Å². The summed E-state index contributed by atoms with van der Waals surface area (Å²) in [4.78, 5) is 46.7. The predicted molar refractivity (Wildman–Crippen MR) is 174 cm³/mol. The molecule has 1 saturated heterocycles. The standard InChI is InChI=1S/C35H57N3O8/c1-13-27-35(9,46-33(41)38-15-14-36-20-38)19-24(5)28(39)23(4)18-34(7,8)30(21(2)16-22(3)31(40)44-27)45-32-29(42-12)26(37(10)11)17-25(6)43-32/h14-15,19-23,25-27,29-30,32H,13,16-18H2,1-12H3/b24-19+/t21?,22?,23?,25?,26?,27-,29?,30?,32?,35?/m1/s1. The molecule has 2 aliphatic rings. The highest BCUT2D eigenvalue weighted by Gasteiger charge is 2.46. The van der Waals surface area contributed by atoms with Crippen molar-refractivity contribution in [3.63, 3.8) is 0 Å². The van der Waals surface area contributed by atoms with Gasteiger partial charge in [-0.25, -0.2) is 14.3 Å². The number of methoxy groups -OCH3 is 1. The van der Waals surface area contributed by atoms with E-state index in [0.717, 1.165) is 6.42 Å². The van der Waals surface area contributed by atoms with Crippen molar-refractivity contribution in [2.45, 2.75) is 130 Å². The van der Waals surface area contributed by atoms with Crippen LogP contribution in [0.2, 0.25) is 0 Å². The Morgan fingerprint density at radius 3 is 2.35 bits per heavy atom. The molecule has 0 aliphatic carbocycles. The molecular weight excluding hydrogens is 590 g/mol. The van der Waals surface area contributed by atoms with Gasteiger partial charge in [0.1, 0.15) is 18.5 Å². The number of hydrogen-bond donors (Lipinski definition) is 0. The molecule has 46 heavy (non-hydrogen) atoms. The second-order valence-electron chi connectivity index (χ2n) is 14.6. The van der Waals surface area contributed by atoms with Crippen molar-refractivity contribution in [3.8, 4) is 0 Å². The van der Waals surface area contributed by atoms with Crippen molar-refractivity contribution < 1.29 is 38.1 Å².